The molecule has 1 N–H and O–H groups in total. The van der Waals surface area contributed by atoms with Gasteiger partial charge >= 0.3 is 5.63 Å². The molecule has 0 aliphatic carbocycles. The van der Waals surface area contributed by atoms with Crippen molar-refractivity contribution >= 4 is 34.2 Å². The Labute approximate surface area is 184 Å². The van der Waals surface area contributed by atoms with Gasteiger partial charge in [0.15, 0.2) is 6.61 Å². The molecular weight excluding hydrogens is 414 g/mol. The van der Waals surface area contributed by atoms with Crippen molar-refractivity contribution in [2.45, 2.75) is 13.8 Å². The highest BCUT2D eigenvalue weighted by atomic mass is 35.5. The van der Waals surface area contributed by atoms with Crippen molar-refractivity contribution in [3.05, 3.63) is 93.3 Å². The number of hydrogen-bond acceptors (Lipinski definition) is 4. The van der Waals surface area contributed by atoms with Crippen LogP contribution in [0.4, 0.5) is 5.69 Å². The maximum atomic E-state index is 12.3. The van der Waals surface area contributed by atoms with Gasteiger partial charge in [-0.25, -0.2) is 4.79 Å². The molecule has 0 fully saturated rings. The molecule has 6 heteroatoms. The summed E-state index contributed by atoms with van der Waals surface area (Å²) < 4.78 is 11.0. The molecule has 0 spiro atoms. The molecule has 0 aliphatic heterocycles. The van der Waals surface area contributed by atoms with Gasteiger partial charge in [-0.2, -0.15) is 0 Å². The van der Waals surface area contributed by atoms with Gasteiger partial charge in [0.05, 0.1) is 5.02 Å². The zero-order chi connectivity index (χ0) is 22.0. The van der Waals surface area contributed by atoms with Gasteiger partial charge in [0.25, 0.3) is 5.91 Å². The molecule has 0 aliphatic rings. The second-order valence-corrected chi connectivity index (χ2v) is 7.74. The van der Waals surface area contributed by atoms with E-state index in [1.165, 1.54) is 12.1 Å². The van der Waals surface area contributed by atoms with E-state index in [0.29, 0.717) is 27.2 Å². The van der Waals surface area contributed by atoms with Crippen LogP contribution in [0.15, 0.2) is 75.9 Å². The summed E-state index contributed by atoms with van der Waals surface area (Å²) in [6, 6.07) is 19.9. The average molecular weight is 434 g/mol. The third-order valence-electron chi connectivity index (χ3n) is 4.75. The van der Waals surface area contributed by atoms with E-state index in [9.17, 15) is 9.59 Å². The third-order valence-corrected chi connectivity index (χ3v) is 5.04. The average Bonchev–Trinajstić information content (AvgIpc) is 2.72. The first-order valence-electron chi connectivity index (χ1n) is 9.73. The normalized spacial score (nSPS) is 10.8. The van der Waals surface area contributed by atoms with Crippen molar-refractivity contribution in [3.63, 3.8) is 0 Å². The van der Waals surface area contributed by atoms with Gasteiger partial charge in [-0.05, 0) is 54.3 Å². The molecule has 1 aromatic heterocycles. The first-order valence-corrected chi connectivity index (χ1v) is 10.1. The number of carbonyl (C=O) groups is 1. The first-order chi connectivity index (χ1) is 14.9. The largest absolute Gasteiger partial charge is 0.482 e. The molecule has 1 amide bonds. The fraction of sp³-hybridized carbons (Fsp3) is 0.120. The molecule has 4 rings (SSSR count). The van der Waals surface area contributed by atoms with Gasteiger partial charge in [-0.1, -0.05) is 48.0 Å². The summed E-state index contributed by atoms with van der Waals surface area (Å²) in [6.45, 7) is 3.69. The smallest absolute Gasteiger partial charge is 0.336 e. The lowest BCUT2D eigenvalue weighted by atomic mass is 10.0. The number of ether oxygens (including phenoxy) is 1. The van der Waals surface area contributed by atoms with Gasteiger partial charge < -0.3 is 14.5 Å². The van der Waals surface area contributed by atoms with E-state index >= 15 is 0 Å². The van der Waals surface area contributed by atoms with Crippen LogP contribution in [-0.2, 0) is 4.79 Å². The molecule has 4 aromatic rings. The fourth-order valence-electron chi connectivity index (χ4n) is 3.52. The Morgan fingerprint density at radius 3 is 2.42 bits per heavy atom. The van der Waals surface area contributed by atoms with Gasteiger partial charge in [-0.3, -0.25) is 4.79 Å². The molecule has 5 nitrogen and oxygen atoms in total. The van der Waals surface area contributed by atoms with Crippen LogP contribution < -0.4 is 15.7 Å². The first kappa shape index (κ1) is 20.7. The molecule has 0 unspecified atom stereocenters. The minimum Gasteiger partial charge on any atom is -0.482 e. The Morgan fingerprint density at radius 1 is 1.00 bits per heavy atom. The lowest BCUT2D eigenvalue weighted by Crippen LogP contribution is -2.20. The standard InChI is InChI=1S/C25H20ClNO4/c1-15-8-16(2)10-18(9-15)27-24(28)14-30-23-13-22-20(11-21(23)26)19(12-25(29)31-22)17-6-4-3-5-7-17/h3-13H,14H2,1-2H3,(H,27,28). The summed E-state index contributed by atoms with van der Waals surface area (Å²) in [4.78, 5) is 24.4. The van der Waals surface area contributed by atoms with E-state index < -0.39 is 5.63 Å². The Morgan fingerprint density at radius 2 is 1.71 bits per heavy atom. The quantitative estimate of drug-likeness (QED) is 0.407. The van der Waals surface area contributed by atoms with E-state index in [1.54, 1.807) is 6.07 Å². The number of carbonyl (C=O) groups excluding carboxylic acids is 1. The van der Waals surface area contributed by atoms with Crippen LogP contribution in [0.1, 0.15) is 11.1 Å². The van der Waals surface area contributed by atoms with Gasteiger partial charge in [0.1, 0.15) is 11.3 Å². The number of hydrogen-bond donors (Lipinski definition) is 1. The van der Waals surface area contributed by atoms with E-state index in [2.05, 4.69) is 5.32 Å². The number of rotatable bonds is 5. The van der Waals surface area contributed by atoms with E-state index in [-0.39, 0.29) is 18.3 Å². The monoisotopic (exact) mass is 433 g/mol. The maximum Gasteiger partial charge on any atom is 0.336 e. The zero-order valence-electron chi connectivity index (χ0n) is 17.1. The number of nitrogens with one attached hydrogen (secondary N) is 1. The highest BCUT2D eigenvalue weighted by Crippen LogP contribution is 2.34. The summed E-state index contributed by atoms with van der Waals surface area (Å²) in [5.74, 6) is -0.0567. The highest BCUT2D eigenvalue weighted by Gasteiger charge is 2.14. The van der Waals surface area contributed by atoms with Crippen molar-refractivity contribution in [2.75, 3.05) is 11.9 Å². The predicted octanol–water partition coefficient (Wildman–Crippen LogP) is 5.75. The van der Waals surface area contributed by atoms with Crippen LogP contribution in [0.3, 0.4) is 0 Å². The highest BCUT2D eigenvalue weighted by molar-refractivity contribution is 6.33. The Hall–Kier alpha value is -3.57. The van der Waals surface area contributed by atoms with Crippen molar-refractivity contribution in [1.29, 1.82) is 0 Å². The molecule has 0 radical (unpaired) electrons. The number of fused-ring (bicyclic) bond motifs is 1. The lowest BCUT2D eigenvalue weighted by molar-refractivity contribution is -0.118. The molecular formula is C25H20ClNO4. The van der Waals surface area contributed by atoms with Crippen molar-refractivity contribution < 1.29 is 13.9 Å². The second-order valence-electron chi connectivity index (χ2n) is 7.34. The molecule has 0 saturated heterocycles. The number of anilines is 1. The summed E-state index contributed by atoms with van der Waals surface area (Å²) in [6.07, 6.45) is 0. The third kappa shape index (κ3) is 4.78. The minimum atomic E-state index is -0.479. The summed E-state index contributed by atoms with van der Waals surface area (Å²) >= 11 is 6.41. The molecule has 0 atom stereocenters. The second kappa shape index (κ2) is 8.66. The molecule has 31 heavy (non-hydrogen) atoms. The fourth-order valence-corrected chi connectivity index (χ4v) is 3.74. The number of amides is 1. The molecule has 0 bridgehead atoms. The van der Waals surface area contributed by atoms with Crippen LogP contribution in [0.2, 0.25) is 5.02 Å². The van der Waals surface area contributed by atoms with Gasteiger partial charge in [0.2, 0.25) is 0 Å². The molecule has 0 saturated carbocycles. The predicted molar refractivity (Wildman–Crippen MR) is 123 cm³/mol. The summed E-state index contributed by atoms with van der Waals surface area (Å²) in [7, 11) is 0. The zero-order valence-corrected chi connectivity index (χ0v) is 17.8. The lowest BCUT2D eigenvalue weighted by Gasteiger charge is -2.12. The number of halogens is 1. The number of benzene rings is 3. The number of aryl methyl sites for hydroxylation is 2. The van der Waals surface area contributed by atoms with Gasteiger partial charge in [0, 0.05) is 23.2 Å². The summed E-state index contributed by atoms with van der Waals surface area (Å²) in [5, 5.41) is 3.81. The van der Waals surface area contributed by atoms with E-state index in [1.807, 2.05) is 62.4 Å². The van der Waals surface area contributed by atoms with Crippen LogP contribution >= 0.6 is 11.6 Å². The van der Waals surface area contributed by atoms with Gasteiger partial charge in [-0.15, -0.1) is 0 Å². The van der Waals surface area contributed by atoms with Crippen LogP contribution in [-0.4, -0.2) is 12.5 Å². The van der Waals surface area contributed by atoms with E-state index in [4.69, 9.17) is 20.8 Å². The maximum absolute atomic E-state index is 12.3. The Balaban J connectivity index is 1.58. The van der Waals surface area contributed by atoms with Crippen LogP contribution in [0.5, 0.6) is 5.75 Å². The molecule has 156 valence electrons. The van der Waals surface area contributed by atoms with E-state index in [0.717, 1.165) is 16.7 Å². The molecule has 3 aromatic carbocycles. The minimum absolute atomic E-state index is 0.235. The Kier molecular flexibility index (Phi) is 5.78. The SMILES string of the molecule is Cc1cc(C)cc(NC(=O)COc2cc3oc(=O)cc(-c4ccccc4)c3cc2Cl)c1. The van der Waals surface area contributed by atoms with Crippen LogP contribution in [0.25, 0.3) is 22.1 Å². The van der Waals surface area contributed by atoms with Crippen LogP contribution in [0, 0.1) is 13.8 Å². The van der Waals surface area contributed by atoms with Crippen molar-refractivity contribution in [1.82, 2.24) is 0 Å². The summed E-state index contributed by atoms with van der Waals surface area (Å²) in [5.41, 5.74) is 4.25. The Bertz CT molecular complexity index is 1310. The topological polar surface area (TPSA) is 68.5 Å². The van der Waals surface area contributed by atoms with Crippen molar-refractivity contribution in [3.8, 4) is 16.9 Å². The molecule has 1 heterocycles. The van der Waals surface area contributed by atoms with Crippen molar-refractivity contribution in [2.24, 2.45) is 0 Å².